The van der Waals surface area contributed by atoms with E-state index in [1.807, 2.05) is 38.2 Å². The maximum Gasteiger partial charge on any atom is 0.193 e. The molecule has 1 aromatic carbocycles. The van der Waals surface area contributed by atoms with Gasteiger partial charge in [0.05, 0.1) is 19.8 Å². The van der Waals surface area contributed by atoms with E-state index in [9.17, 15) is 5.11 Å². The number of aliphatic imine (C=N–C) groups is 1. The minimum Gasteiger partial charge on any atom is -0.497 e. The molecular weight excluding hydrogens is 461 g/mol. The van der Waals surface area contributed by atoms with Crippen LogP contribution in [0.5, 0.6) is 5.75 Å². The third-order valence-corrected chi connectivity index (χ3v) is 4.80. The van der Waals surface area contributed by atoms with E-state index in [0.29, 0.717) is 6.54 Å². The van der Waals surface area contributed by atoms with Crippen molar-refractivity contribution in [1.29, 1.82) is 0 Å². The van der Waals surface area contributed by atoms with Gasteiger partial charge in [-0.05, 0) is 42.5 Å². The number of benzene rings is 1. The van der Waals surface area contributed by atoms with Crippen molar-refractivity contribution >= 4 is 41.3 Å². The summed E-state index contributed by atoms with van der Waals surface area (Å²) >= 11 is 1.77. The average Bonchev–Trinajstić information content (AvgIpc) is 3.16. The number of hydrogen-bond acceptors (Lipinski definition) is 4. The van der Waals surface area contributed by atoms with E-state index >= 15 is 0 Å². The van der Waals surface area contributed by atoms with Crippen molar-refractivity contribution in [3.8, 4) is 5.75 Å². The number of rotatable bonds is 8. The molecular formula is C19H28IN3O2S. The standard InChI is InChI=1S/C19H27N3O2S.HI/c1-4-20-19(22(2)11-10-17-9-6-12-25-17)21-14-18(23)15-7-5-8-16(13-15)24-3;/h5-9,12-13,18,23H,4,10-11,14H2,1-3H3,(H,20,21);1H. The van der Waals surface area contributed by atoms with E-state index in [-0.39, 0.29) is 24.0 Å². The lowest BCUT2D eigenvalue weighted by Gasteiger charge is -2.22. The summed E-state index contributed by atoms with van der Waals surface area (Å²) in [5.74, 6) is 1.54. The molecule has 0 aliphatic carbocycles. The van der Waals surface area contributed by atoms with Crippen molar-refractivity contribution in [3.63, 3.8) is 0 Å². The van der Waals surface area contributed by atoms with Gasteiger partial charge in [-0.1, -0.05) is 18.2 Å². The molecule has 0 amide bonds. The van der Waals surface area contributed by atoms with Crippen LogP contribution in [0, 0.1) is 0 Å². The summed E-state index contributed by atoms with van der Waals surface area (Å²) in [6.07, 6.45) is 0.325. The predicted octanol–water partition coefficient (Wildman–Crippen LogP) is 3.55. The molecule has 0 saturated heterocycles. The number of methoxy groups -OCH3 is 1. The molecule has 1 heterocycles. The van der Waals surface area contributed by atoms with Crippen LogP contribution < -0.4 is 10.1 Å². The summed E-state index contributed by atoms with van der Waals surface area (Å²) < 4.78 is 5.21. The molecule has 0 bridgehead atoms. The highest BCUT2D eigenvalue weighted by Gasteiger charge is 2.11. The second kappa shape index (κ2) is 12.1. The number of aliphatic hydroxyl groups is 1. The molecule has 0 fully saturated rings. The Morgan fingerprint density at radius 2 is 2.15 bits per heavy atom. The molecule has 0 saturated carbocycles. The van der Waals surface area contributed by atoms with Gasteiger partial charge in [0.15, 0.2) is 5.96 Å². The fraction of sp³-hybridized carbons (Fsp3) is 0.421. The molecule has 0 aliphatic rings. The number of nitrogens with zero attached hydrogens (tertiary/aromatic N) is 2. The maximum atomic E-state index is 10.4. The van der Waals surface area contributed by atoms with E-state index in [1.54, 1.807) is 18.4 Å². The second-order valence-corrected chi connectivity index (χ2v) is 6.77. The molecule has 26 heavy (non-hydrogen) atoms. The molecule has 1 aromatic heterocycles. The Morgan fingerprint density at radius 1 is 1.35 bits per heavy atom. The van der Waals surface area contributed by atoms with Crippen LogP contribution in [0.2, 0.25) is 0 Å². The van der Waals surface area contributed by atoms with Crippen LogP contribution in [-0.2, 0) is 6.42 Å². The molecule has 0 aliphatic heterocycles. The zero-order valence-corrected chi connectivity index (χ0v) is 18.7. The van der Waals surface area contributed by atoms with Gasteiger partial charge in [0.1, 0.15) is 5.75 Å². The molecule has 1 atom stereocenters. The lowest BCUT2D eigenvalue weighted by Crippen LogP contribution is -2.40. The van der Waals surface area contributed by atoms with Gasteiger partial charge < -0.3 is 20.1 Å². The first-order chi connectivity index (χ1) is 12.1. The Bertz CT molecular complexity index is 665. The Morgan fingerprint density at radius 3 is 2.81 bits per heavy atom. The van der Waals surface area contributed by atoms with Crippen molar-refractivity contribution in [3.05, 3.63) is 52.2 Å². The van der Waals surface area contributed by atoms with Crippen LogP contribution in [0.1, 0.15) is 23.5 Å². The van der Waals surface area contributed by atoms with Crippen LogP contribution in [0.3, 0.4) is 0 Å². The van der Waals surface area contributed by atoms with Crippen molar-refractivity contribution in [2.24, 2.45) is 4.99 Å². The third-order valence-electron chi connectivity index (χ3n) is 3.86. The molecule has 1 unspecified atom stereocenters. The second-order valence-electron chi connectivity index (χ2n) is 5.74. The lowest BCUT2D eigenvalue weighted by atomic mass is 10.1. The third kappa shape index (κ3) is 7.13. The molecule has 7 heteroatoms. The van der Waals surface area contributed by atoms with E-state index in [0.717, 1.165) is 36.8 Å². The van der Waals surface area contributed by atoms with Gasteiger partial charge in [0.2, 0.25) is 0 Å². The van der Waals surface area contributed by atoms with Crippen LogP contribution in [0.4, 0.5) is 0 Å². The van der Waals surface area contributed by atoms with Crippen molar-refractivity contribution in [2.75, 3.05) is 33.8 Å². The monoisotopic (exact) mass is 489 g/mol. The molecule has 2 N–H and O–H groups in total. The number of ether oxygens (including phenoxy) is 1. The first-order valence-electron chi connectivity index (χ1n) is 8.48. The van der Waals surface area contributed by atoms with E-state index < -0.39 is 6.10 Å². The van der Waals surface area contributed by atoms with Crippen LogP contribution in [0.15, 0.2) is 46.8 Å². The Balaban J connectivity index is 0.00000338. The number of aliphatic hydroxyl groups excluding tert-OH is 1. The summed E-state index contributed by atoms with van der Waals surface area (Å²) in [6.45, 7) is 4.01. The lowest BCUT2D eigenvalue weighted by molar-refractivity contribution is 0.186. The predicted molar refractivity (Wildman–Crippen MR) is 120 cm³/mol. The van der Waals surface area contributed by atoms with Gasteiger partial charge in [0.25, 0.3) is 0 Å². The summed E-state index contributed by atoms with van der Waals surface area (Å²) in [6, 6.07) is 11.7. The van der Waals surface area contributed by atoms with Crippen molar-refractivity contribution in [2.45, 2.75) is 19.4 Å². The maximum absolute atomic E-state index is 10.4. The van der Waals surface area contributed by atoms with Crippen LogP contribution in [-0.4, -0.2) is 49.8 Å². The van der Waals surface area contributed by atoms with Crippen LogP contribution in [0.25, 0.3) is 0 Å². The largest absolute Gasteiger partial charge is 0.497 e. The van der Waals surface area contributed by atoms with Gasteiger partial charge in [-0.25, -0.2) is 0 Å². The number of halogens is 1. The molecule has 0 spiro atoms. The van der Waals surface area contributed by atoms with Crippen LogP contribution >= 0.6 is 35.3 Å². The molecule has 2 aromatic rings. The highest BCUT2D eigenvalue weighted by atomic mass is 127. The summed E-state index contributed by atoms with van der Waals surface area (Å²) in [4.78, 5) is 8.05. The van der Waals surface area contributed by atoms with Gasteiger partial charge in [-0.2, -0.15) is 0 Å². The molecule has 2 rings (SSSR count). The SMILES string of the molecule is CCNC(=NCC(O)c1cccc(OC)c1)N(C)CCc1cccs1.I. The van der Waals surface area contributed by atoms with Crippen molar-refractivity contribution < 1.29 is 9.84 Å². The highest BCUT2D eigenvalue weighted by Crippen LogP contribution is 2.19. The number of nitrogens with one attached hydrogen (secondary N) is 1. The number of likely N-dealkylation sites (N-methyl/N-ethyl adjacent to an activating group) is 1. The van der Waals surface area contributed by atoms with E-state index in [1.165, 1.54) is 4.88 Å². The zero-order valence-electron chi connectivity index (χ0n) is 15.5. The number of hydrogen-bond donors (Lipinski definition) is 2. The fourth-order valence-electron chi connectivity index (χ4n) is 2.44. The summed E-state index contributed by atoms with van der Waals surface area (Å²) in [7, 11) is 3.64. The topological polar surface area (TPSA) is 57.1 Å². The van der Waals surface area contributed by atoms with Gasteiger partial charge in [-0.15, -0.1) is 35.3 Å². The van der Waals surface area contributed by atoms with Gasteiger partial charge >= 0.3 is 0 Å². The normalized spacial score (nSPS) is 12.2. The zero-order chi connectivity index (χ0) is 18.1. The Kier molecular flexibility index (Phi) is 10.6. The van der Waals surface area contributed by atoms with Gasteiger partial charge in [-0.3, -0.25) is 4.99 Å². The molecule has 144 valence electrons. The highest BCUT2D eigenvalue weighted by molar-refractivity contribution is 14.0. The summed E-state index contributed by atoms with van der Waals surface area (Å²) in [5, 5.41) is 15.8. The minimum atomic E-state index is -0.658. The minimum absolute atomic E-state index is 0. The molecule has 0 radical (unpaired) electrons. The molecule has 5 nitrogen and oxygen atoms in total. The first kappa shape index (κ1) is 22.7. The quantitative estimate of drug-likeness (QED) is 0.339. The number of guanidine groups is 1. The Hall–Kier alpha value is -1.32. The van der Waals surface area contributed by atoms with Gasteiger partial charge in [0, 0.05) is 25.0 Å². The first-order valence-corrected chi connectivity index (χ1v) is 9.35. The average molecular weight is 489 g/mol. The smallest absolute Gasteiger partial charge is 0.193 e. The summed E-state index contributed by atoms with van der Waals surface area (Å²) in [5.41, 5.74) is 0.806. The Labute approximate surface area is 177 Å². The van der Waals surface area contributed by atoms with E-state index in [2.05, 4.69) is 32.7 Å². The number of thiophene rings is 1. The van der Waals surface area contributed by atoms with Crippen molar-refractivity contribution in [1.82, 2.24) is 10.2 Å². The van der Waals surface area contributed by atoms with E-state index in [4.69, 9.17) is 4.74 Å². The fourth-order valence-corrected chi connectivity index (χ4v) is 3.13.